The van der Waals surface area contributed by atoms with E-state index in [1.807, 2.05) is 6.07 Å². The average molecular weight is 277 g/mol. The first-order chi connectivity index (χ1) is 9.48. The van der Waals surface area contributed by atoms with Crippen LogP contribution in [0.5, 0.6) is 11.5 Å². The van der Waals surface area contributed by atoms with Crippen molar-refractivity contribution in [2.75, 3.05) is 20.2 Å². The van der Waals surface area contributed by atoms with Gasteiger partial charge in [0.15, 0.2) is 0 Å². The summed E-state index contributed by atoms with van der Waals surface area (Å²) in [6.45, 7) is 6.24. The maximum absolute atomic E-state index is 9.68. The lowest BCUT2D eigenvalue weighted by Crippen LogP contribution is -2.41. The predicted molar refractivity (Wildman–Crippen MR) is 77.2 cm³/mol. The first-order valence-electron chi connectivity index (χ1n) is 7.27. The van der Waals surface area contributed by atoms with Gasteiger partial charge in [0.25, 0.3) is 0 Å². The Balaban J connectivity index is 1.91. The number of phenolic OH excluding ortho intramolecular Hbond substituents is 1. The third kappa shape index (κ3) is 2.50. The standard InChI is InChI=1S/C16H23NO3/c1-16(2)9-14(17-7-6-12(10-17)19-3)13-5-4-11(18)8-15(13)20-16/h4-5,8,12,14,18H,6-7,9-10H2,1-3H3. The van der Waals surface area contributed by atoms with Crippen LogP contribution in [0.4, 0.5) is 0 Å². The van der Waals surface area contributed by atoms with Crippen molar-refractivity contribution >= 4 is 0 Å². The molecule has 4 nitrogen and oxygen atoms in total. The Bertz CT molecular complexity index is 500. The molecule has 2 aliphatic heterocycles. The number of fused-ring (bicyclic) bond motifs is 1. The van der Waals surface area contributed by atoms with Crippen LogP contribution in [0, 0.1) is 0 Å². The molecule has 0 spiro atoms. The largest absolute Gasteiger partial charge is 0.508 e. The molecule has 110 valence electrons. The highest BCUT2D eigenvalue weighted by Gasteiger charge is 2.39. The molecule has 2 heterocycles. The second-order valence-corrected chi connectivity index (χ2v) is 6.45. The molecule has 0 aromatic heterocycles. The van der Waals surface area contributed by atoms with Gasteiger partial charge < -0.3 is 14.6 Å². The molecular weight excluding hydrogens is 254 g/mol. The van der Waals surface area contributed by atoms with Gasteiger partial charge in [-0.15, -0.1) is 0 Å². The average Bonchev–Trinajstić information content (AvgIpc) is 2.84. The SMILES string of the molecule is COC1CCN(C2CC(C)(C)Oc3cc(O)ccc32)C1. The minimum absolute atomic E-state index is 0.212. The third-order valence-electron chi connectivity index (χ3n) is 4.38. The Morgan fingerprint density at radius 2 is 2.20 bits per heavy atom. The molecule has 1 fully saturated rings. The summed E-state index contributed by atoms with van der Waals surface area (Å²) in [5.74, 6) is 1.07. The molecule has 3 rings (SSSR count). The molecule has 2 aliphatic rings. The molecule has 0 saturated carbocycles. The number of phenols is 1. The van der Waals surface area contributed by atoms with E-state index in [1.54, 1.807) is 19.2 Å². The lowest BCUT2D eigenvalue weighted by molar-refractivity contribution is 0.0296. The zero-order chi connectivity index (χ0) is 14.3. The Hall–Kier alpha value is -1.26. The Labute approximate surface area is 120 Å². The minimum atomic E-state index is -0.212. The van der Waals surface area contributed by atoms with Crippen molar-refractivity contribution in [3.8, 4) is 11.5 Å². The van der Waals surface area contributed by atoms with Gasteiger partial charge in [-0.2, -0.15) is 0 Å². The first kappa shape index (κ1) is 13.7. The summed E-state index contributed by atoms with van der Waals surface area (Å²) in [5.41, 5.74) is 0.968. The second kappa shape index (κ2) is 4.93. The molecule has 1 aromatic rings. The van der Waals surface area contributed by atoms with E-state index < -0.39 is 0 Å². The molecule has 0 amide bonds. The molecule has 0 radical (unpaired) electrons. The normalized spacial score (nSPS) is 28.9. The number of ether oxygens (including phenoxy) is 2. The van der Waals surface area contributed by atoms with Crippen LogP contribution < -0.4 is 4.74 Å². The van der Waals surface area contributed by atoms with Crippen molar-refractivity contribution in [2.24, 2.45) is 0 Å². The zero-order valence-electron chi connectivity index (χ0n) is 12.4. The van der Waals surface area contributed by atoms with Crippen LogP contribution in [-0.2, 0) is 4.74 Å². The lowest BCUT2D eigenvalue weighted by atomic mass is 9.88. The van der Waals surface area contributed by atoms with Gasteiger partial charge in [0, 0.05) is 44.3 Å². The summed E-state index contributed by atoms with van der Waals surface area (Å²) in [6, 6.07) is 5.81. The smallest absolute Gasteiger partial charge is 0.128 e. The Morgan fingerprint density at radius 3 is 2.90 bits per heavy atom. The van der Waals surface area contributed by atoms with Crippen LogP contribution in [-0.4, -0.2) is 41.9 Å². The van der Waals surface area contributed by atoms with Crippen LogP contribution in [0.25, 0.3) is 0 Å². The first-order valence-corrected chi connectivity index (χ1v) is 7.27. The van der Waals surface area contributed by atoms with E-state index in [9.17, 15) is 5.11 Å². The number of hydrogen-bond donors (Lipinski definition) is 1. The van der Waals surface area contributed by atoms with E-state index >= 15 is 0 Å². The van der Waals surface area contributed by atoms with E-state index in [2.05, 4.69) is 18.7 Å². The van der Waals surface area contributed by atoms with Crippen molar-refractivity contribution in [1.29, 1.82) is 0 Å². The molecule has 1 saturated heterocycles. The maximum Gasteiger partial charge on any atom is 0.128 e. The minimum Gasteiger partial charge on any atom is -0.508 e. The quantitative estimate of drug-likeness (QED) is 0.902. The predicted octanol–water partition coefficient (Wildman–Crippen LogP) is 2.72. The van der Waals surface area contributed by atoms with Gasteiger partial charge in [-0.25, -0.2) is 0 Å². The highest BCUT2D eigenvalue weighted by atomic mass is 16.5. The number of methoxy groups -OCH3 is 1. The van der Waals surface area contributed by atoms with Crippen molar-refractivity contribution in [3.05, 3.63) is 23.8 Å². The lowest BCUT2D eigenvalue weighted by Gasteiger charge is -2.41. The fourth-order valence-corrected chi connectivity index (χ4v) is 3.36. The molecular formula is C16H23NO3. The number of rotatable bonds is 2. The van der Waals surface area contributed by atoms with Gasteiger partial charge in [-0.1, -0.05) is 6.07 Å². The Kier molecular flexibility index (Phi) is 3.38. The van der Waals surface area contributed by atoms with Crippen LogP contribution >= 0.6 is 0 Å². The molecule has 4 heteroatoms. The van der Waals surface area contributed by atoms with Crippen molar-refractivity contribution in [1.82, 2.24) is 4.90 Å². The third-order valence-corrected chi connectivity index (χ3v) is 4.38. The number of hydrogen-bond acceptors (Lipinski definition) is 4. The highest BCUT2D eigenvalue weighted by molar-refractivity contribution is 5.44. The number of likely N-dealkylation sites (tertiary alicyclic amines) is 1. The summed E-state index contributed by atoms with van der Waals surface area (Å²) in [5, 5.41) is 9.68. The van der Waals surface area contributed by atoms with Gasteiger partial charge in [-0.3, -0.25) is 4.90 Å². The fraction of sp³-hybridized carbons (Fsp3) is 0.625. The second-order valence-electron chi connectivity index (χ2n) is 6.45. The fourth-order valence-electron chi connectivity index (χ4n) is 3.36. The molecule has 0 bridgehead atoms. The van der Waals surface area contributed by atoms with E-state index in [-0.39, 0.29) is 11.4 Å². The monoisotopic (exact) mass is 277 g/mol. The molecule has 0 aliphatic carbocycles. The van der Waals surface area contributed by atoms with Gasteiger partial charge in [0.2, 0.25) is 0 Å². The van der Waals surface area contributed by atoms with E-state index in [0.717, 1.165) is 31.7 Å². The summed E-state index contributed by atoms with van der Waals surface area (Å²) < 4.78 is 11.5. The molecule has 2 atom stereocenters. The van der Waals surface area contributed by atoms with E-state index in [0.29, 0.717) is 12.1 Å². The molecule has 2 unspecified atom stereocenters. The highest BCUT2D eigenvalue weighted by Crippen LogP contribution is 2.44. The summed E-state index contributed by atoms with van der Waals surface area (Å²) in [7, 11) is 1.79. The number of nitrogens with zero attached hydrogens (tertiary/aromatic N) is 1. The molecule has 1 aromatic carbocycles. The van der Waals surface area contributed by atoms with Crippen LogP contribution in [0.2, 0.25) is 0 Å². The van der Waals surface area contributed by atoms with Crippen LogP contribution in [0.1, 0.15) is 38.3 Å². The van der Waals surface area contributed by atoms with Crippen LogP contribution in [0.15, 0.2) is 18.2 Å². The summed E-state index contributed by atoms with van der Waals surface area (Å²) in [4.78, 5) is 2.48. The number of aromatic hydroxyl groups is 1. The van der Waals surface area contributed by atoms with Gasteiger partial charge in [0.05, 0.1) is 6.10 Å². The maximum atomic E-state index is 9.68. The van der Waals surface area contributed by atoms with Gasteiger partial charge in [0.1, 0.15) is 17.1 Å². The summed E-state index contributed by atoms with van der Waals surface area (Å²) in [6.07, 6.45) is 2.38. The topological polar surface area (TPSA) is 41.9 Å². The number of benzene rings is 1. The molecule has 1 N–H and O–H groups in total. The van der Waals surface area contributed by atoms with Crippen LogP contribution in [0.3, 0.4) is 0 Å². The van der Waals surface area contributed by atoms with Crippen molar-refractivity contribution in [2.45, 2.75) is 44.4 Å². The summed E-state index contributed by atoms with van der Waals surface area (Å²) >= 11 is 0. The van der Waals surface area contributed by atoms with Crippen molar-refractivity contribution < 1.29 is 14.6 Å². The van der Waals surface area contributed by atoms with E-state index in [1.165, 1.54) is 5.56 Å². The Morgan fingerprint density at radius 1 is 1.40 bits per heavy atom. The van der Waals surface area contributed by atoms with Crippen molar-refractivity contribution in [3.63, 3.8) is 0 Å². The molecule has 20 heavy (non-hydrogen) atoms. The van der Waals surface area contributed by atoms with Gasteiger partial charge in [-0.05, 0) is 26.3 Å². The van der Waals surface area contributed by atoms with Gasteiger partial charge >= 0.3 is 0 Å². The zero-order valence-corrected chi connectivity index (χ0v) is 12.4. The van der Waals surface area contributed by atoms with E-state index in [4.69, 9.17) is 9.47 Å².